The van der Waals surface area contributed by atoms with Gasteiger partial charge in [-0.3, -0.25) is 0 Å². The minimum absolute atomic E-state index is 0.0651. The van der Waals surface area contributed by atoms with Gasteiger partial charge in [0.15, 0.2) is 0 Å². The molecule has 1 N–H and O–H groups in total. The van der Waals surface area contributed by atoms with Crippen LogP contribution in [-0.2, 0) is 16.1 Å². The number of rotatable bonds is 7. The Morgan fingerprint density at radius 1 is 1.19 bits per heavy atom. The van der Waals surface area contributed by atoms with Crippen molar-refractivity contribution in [1.29, 1.82) is 0 Å². The molecule has 3 nitrogen and oxygen atoms in total. The monoisotopic (exact) mass is 224 g/mol. The molecule has 16 heavy (non-hydrogen) atoms. The van der Waals surface area contributed by atoms with Crippen molar-refractivity contribution >= 4 is 0 Å². The van der Waals surface area contributed by atoms with Gasteiger partial charge >= 0.3 is 0 Å². The summed E-state index contributed by atoms with van der Waals surface area (Å²) in [4.78, 5) is 0. The molecule has 0 spiro atoms. The molecular formula is C13H20O3. The highest BCUT2D eigenvalue weighted by Gasteiger charge is 2.23. The van der Waals surface area contributed by atoms with Crippen LogP contribution in [-0.4, -0.2) is 32.0 Å². The average Bonchev–Trinajstić information content (AvgIpc) is 2.31. The van der Waals surface area contributed by atoms with E-state index in [1.807, 2.05) is 37.3 Å². The molecule has 0 amide bonds. The van der Waals surface area contributed by atoms with Crippen LogP contribution in [0.5, 0.6) is 0 Å². The van der Waals surface area contributed by atoms with Gasteiger partial charge in [0.1, 0.15) is 0 Å². The minimum atomic E-state index is -0.316. The Morgan fingerprint density at radius 3 is 2.44 bits per heavy atom. The van der Waals surface area contributed by atoms with E-state index >= 15 is 0 Å². The molecule has 3 heteroatoms. The quantitative estimate of drug-likeness (QED) is 0.768. The van der Waals surface area contributed by atoms with Gasteiger partial charge in [0, 0.05) is 12.5 Å². The predicted molar refractivity (Wildman–Crippen MR) is 63.2 cm³/mol. The second-order valence-corrected chi connectivity index (χ2v) is 4.38. The Balaban J connectivity index is 2.34. The molecule has 90 valence electrons. The van der Waals surface area contributed by atoms with Crippen molar-refractivity contribution in [3.05, 3.63) is 35.9 Å². The molecule has 1 atom stereocenters. The molecular weight excluding hydrogens is 204 g/mol. The molecule has 1 aromatic carbocycles. The second-order valence-electron chi connectivity index (χ2n) is 4.38. The predicted octanol–water partition coefficient (Wildman–Crippen LogP) is 1.85. The molecule has 0 bridgehead atoms. The number of benzene rings is 1. The summed E-state index contributed by atoms with van der Waals surface area (Å²) in [5, 5.41) is 9.25. The largest absolute Gasteiger partial charge is 0.396 e. The van der Waals surface area contributed by atoms with E-state index < -0.39 is 0 Å². The maximum absolute atomic E-state index is 9.25. The minimum Gasteiger partial charge on any atom is -0.396 e. The third-order valence-electron chi connectivity index (χ3n) is 2.44. The first-order valence-electron chi connectivity index (χ1n) is 5.42. The van der Waals surface area contributed by atoms with Crippen molar-refractivity contribution < 1.29 is 14.6 Å². The number of ether oxygens (including phenoxy) is 2. The van der Waals surface area contributed by atoms with Crippen LogP contribution in [0.4, 0.5) is 0 Å². The molecule has 0 radical (unpaired) electrons. The van der Waals surface area contributed by atoms with E-state index in [-0.39, 0.29) is 12.0 Å². The zero-order valence-electron chi connectivity index (χ0n) is 9.98. The molecule has 0 aliphatic carbocycles. The first-order chi connectivity index (χ1) is 7.70. The Hall–Kier alpha value is -0.900. The molecule has 0 saturated heterocycles. The van der Waals surface area contributed by atoms with Crippen molar-refractivity contribution in [2.75, 3.05) is 26.9 Å². The Bertz CT molecular complexity index is 286. The van der Waals surface area contributed by atoms with E-state index in [1.54, 1.807) is 7.11 Å². The summed E-state index contributed by atoms with van der Waals surface area (Å²) >= 11 is 0. The fourth-order valence-electron chi connectivity index (χ4n) is 1.47. The van der Waals surface area contributed by atoms with Gasteiger partial charge in [-0.15, -0.1) is 0 Å². The van der Waals surface area contributed by atoms with Crippen molar-refractivity contribution in [2.45, 2.75) is 13.5 Å². The fourth-order valence-corrected chi connectivity index (χ4v) is 1.47. The highest BCUT2D eigenvalue weighted by atomic mass is 16.5. The van der Waals surface area contributed by atoms with Gasteiger partial charge in [0.2, 0.25) is 0 Å². The summed E-state index contributed by atoms with van der Waals surface area (Å²) in [7, 11) is 1.63. The Morgan fingerprint density at radius 2 is 1.88 bits per heavy atom. The van der Waals surface area contributed by atoms with Crippen LogP contribution >= 0.6 is 0 Å². The smallest absolute Gasteiger partial charge is 0.0717 e. The highest BCUT2D eigenvalue weighted by Crippen LogP contribution is 2.16. The van der Waals surface area contributed by atoms with Crippen LogP contribution in [0.1, 0.15) is 12.5 Å². The second kappa shape index (κ2) is 6.63. The zero-order chi connectivity index (χ0) is 11.9. The third kappa shape index (κ3) is 4.31. The molecule has 1 unspecified atom stereocenters. The average molecular weight is 224 g/mol. The molecule has 1 aromatic rings. The van der Waals surface area contributed by atoms with Gasteiger partial charge in [-0.05, 0) is 5.56 Å². The first-order valence-corrected chi connectivity index (χ1v) is 5.42. The van der Waals surface area contributed by atoms with Gasteiger partial charge in [-0.2, -0.15) is 0 Å². The summed E-state index contributed by atoms with van der Waals surface area (Å²) < 4.78 is 10.6. The summed E-state index contributed by atoms with van der Waals surface area (Å²) in [5.41, 5.74) is 0.823. The van der Waals surface area contributed by atoms with Crippen molar-refractivity contribution in [2.24, 2.45) is 5.41 Å². The lowest BCUT2D eigenvalue weighted by Crippen LogP contribution is -2.32. The molecule has 0 aliphatic heterocycles. The van der Waals surface area contributed by atoms with E-state index in [1.165, 1.54) is 0 Å². The normalized spacial score (nSPS) is 14.7. The molecule has 0 heterocycles. The number of hydrogen-bond acceptors (Lipinski definition) is 3. The zero-order valence-corrected chi connectivity index (χ0v) is 9.98. The first kappa shape index (κ1) is 13.2. The number of methoxy groups -OCH3 is 1. The summed E-state index contributed by atoms with van der Waals surface area (Å²) in [6.45, 7) is 3.57. The third-order valence-corrected chi connectivity index (χ3v) is 2.44. The van der Waals surface area contributed by atoms with Crippen LogP contribution in [0, 0.1) is 5.41 Å². The van der Waals surface area contributed by atoms with E-state index in [0.717, 1.165) is 5.56 Å². The van der Waals surface area contributed by atoms with Crippen molar-refractivity contribution in [1.82, 2.24) is 0 Å². The molecule has 0 saturated carbocycles. The van der Waals surface area contributed by atoms with Gasteiger partial charge in [0.05, 0.1) is 26.4 Å². The molecule has 0 fully saturated rings. The lowest BCUT2D eigenvalue weighted by Gasteiger charge is -2.25. The Labute approximate surface area is 97.0 Å². The summed E-state index contributed by atoms with van der Waals surface area (Å²) in [6.07, 6.45) is 0. The van der Waals surface area contributed by atoms with Crippen LogP contribution in [0.25, 0.3) is 0 Å². The van der Waals surface area contributed by atoms with Crippen LogP contribution in [0.3, 0.4) is 0 Å². The molecule has 1 rings (SSSR count). The summed E-state index contributed by atoms with van der Waals surface area (Å²) in [5.74, 6) is 0. The van der Waals surface area contributed by atoms with Crippen LogP contribution in [0.2, 0.25) is 0 Å². The number of hydrogen-bond donors (Lipinski definition) is 1. The van der Waals surface area contributed by atoms with Gasteiger partial charge in [-0.25, -0.2) is 0 Å². The Kier molecular flexibility index (Phi) is 5.46. The number of aliphatic hydroxyl groups excluding tert-OH is 1. The topological polar surface area (TPSA) is 38.7 Å². The lowest BCUT2D eigenvalue weighted by molar-refractivity contribution is -0.0336. The lowest BCUT2D eigenvalue weighted by atomic mass is 9.94. The van der Waals surface area contributed by atoms with E-state index in [0.29, 0.717) is 19.8 Å². The molecule has 0 aliphatic rings. The van der Waals surface area contributed by atoms with Crippen LogP contribution in [0.15, 0.2) is 30.3 Å². The summed E-state index contributed by atoms with van der Waals surface area (Å²) in [6, 6.07) is 9.99. The van der Waals surface area contributed by atoms with Crippen molar-refractivity contribution in [3.63, 3.8) is 0 Å². The van der Waals surface area contributed by atoms with Crippen molar-refractivity contribution in [3.8, 4) is 0 Å². The van der Waals surface area contributed by atoms with Gasteiger partial charge < -0.3 is 14.6 Å². The maximum atomic E-state index is 9.25. The van der Waals surface area contributed by atoms with E-state index in [2.05, 4.69) is 0 Å². The van der Waals surface area contributed by atoms with Crippen LogP contribution < -0.4 is 0 Å². The van der Waals surface area contributed by atoms with Gasteiger partial charge in [0.25, 0.3) is 0 Å². The highest BCUT2D eigenvalue weighted by molar-refractivity contribution is 5.13. The maximum Gasteiger partial charge on any atom is 0.0717 e. The standard InChI is InChI=1S/C13H20O3/c1-13(9-14,10-15-2)11-16-8-12-6-4-3-5-7-12/h3-7,14H,8-11H2,1-2H3. The van der Waals surface area contributed by atoms with Gasteiger partial charge in [-0.1, -0.05) is 37.3 Å². The SMILES string of the molecule is COCC(C)(CO)COCc1ccccc1. The number of aliphatic hydroxyl groups is 1. The fraction of sp³-hybridized carbons (Fsp3) is 0.538. The van der Waals surface area contributed by atoms with E-state index in [9.17, 15) is 5.11 Å². The molecule has 0 aromatic heterocycles. The van der Waals surface area contributed by atoms with E-state index in [4.69, 9.17) is 9.47 Å².